The highest BCUT2D eigenvalue weighted by atomic mass is 15.2. The van der Waals surface area contributed by atoms with Gasteiger partial charge in [-0.25, -0.2) is 0 Å². The topological polar surface area (TPSA) is 42.9 Å². The van der Waals surface area contributed by atoms with E-state index in [9.17, 15) is 0 Å². The van der Waals surface area contributed by atoms with Crippen molar-refractivity contribution in [1.82, 2.24) is 20.4 Å². The second kappa shape index (κ2) is 11.0. The van der Waals surface area contributed by atoms with Gasteiger partial charge in [-0.05, 0) is 64.1 Å². The van der Waals surface area contributed by atoms with Crippen LogP contribution in [0.3, 0.4) is 0 Å². The van der Waals surface area contributed by atoms with Crippen molar-refractivity contribution < 1.29 is 0 Å². The van der Waals surface area contributed by atoms with Crippen LogP contribution in [0.25, 0.3) is 0 Å². The summed E-state index contributed by atoms with van der Waals surface area (Å²) in [6, 6.07) is 0.671. The highest BCUT2D eigenvalue weighted by Gasteiger charge is 2.23. The molecule has 2 aliphatic rings. The molecule has 2 rings (SSSR count). The summed E-state index contributed by atoms with van der Waals surface area (Å²) in [5.41, 5.74) is 0. The van der Waals surface area contributed by atoms with Gasteiger partial charge in [0, 0.05) is 38.8 Å². The highest BCUT2D eigenvalue weighted by Crippen LogP contribution is 2.18. The van der Waals surface area contributed by atoms with Crippen molar-refractivity contribution in [2.75, 3.05) is 52.4 Å². The fourth-order valence-corrected chi connectivity index (χ4v) is 4.30. The molecule has 2 fully saturated rings. The summed E-state index contributed by atoms with van der Waals surface area (Å²) >= 11 is 0. The number of likely N-dealkylation sites (N-methyl/N-ethyl adjacent to an activating group) is 1. The lowest BCUT2D eigenvalue weighted by molar-refractivity contribution is 0.162. The van der Waals surface area contributed by atoms with Crippen molar-refractivity contribution in [2.45, 2.75) is 59.4 Å². The lowest BCUT2D eigenvalue weighted by Gasteiger charge is -2.33. The minimum Gasteiger partial charge on any atom is -0.357 e. The lowest BCUT2D eigenvalue weighted by atomic mass is 9.97. The third kappa shape index (κ3) is 7.14. The summed E-state index contributed by atoms with van der Waals surface area (Å²) in [4.78, 5) is 10.1. The van der Waals surface area contributed by atoms with E-state index in [1.165, 1.54) is 51.9 Å². The van der Waals surface area contributed by atoms with E-state index in [-0.39, 0.29) is 0 Å². The number of hydrogen-bond acceptors (Lipinski definition) is 3. The summed E-state index contributed by atoms with van der Waals surface area (Å²) in [6.45, 7) is 18.1. The largest absolute Gasteiger partial charge is 0.357 e. The Morgan fingerprint density at radius 3 is 2.64 bits per heavy atom. The van der Waals surface area contributed by atoms with Crippen LogP contribution in [0.1, 0.15) is 53.4 Å². The number of aliphatic imine (C=N–C) groups is 1. The van der Waals surface area contributed by atoms with Crippen LogP contribution in [0, 0.1) is 11.8 Å². The van der Waals surface area contributed by atoms with Crippen molar-refractivity contribution >= 4 is 5.96 Å². The fraction of sp³-hybridized carbons (Fsp3) is 0.950. The first-order valence-electron chi connectivity index (χ1n) is 10.6. The number of nitrogens with one attached hydrogen (secondary N) is 2. The maximum absolute atomic E-state index is 4.91. The van der Waals surface area contributed by atoms with E-state index in [0.29, 0.717) is 12.0 Å². The summed E-state index contributed by atoms with van der Waals surface area (Å²) in [5.74, 6) is 2.47. The van der Waals surface area contributed by atoms with Crippen LogP contribution in [0.2, 0.25) is 0 Å². The van der Waals surface area contributed by atoms with Gasteiger partial charge in [0.15, 0.2) is 5.96 Å². The van der Waals surface area contributed by atoms with Crippen LogP contribution in [0.15, 0.2) is 4.99 Å². The lowest BCUT2D eigenvalue weighted by Crippen LogP contribution is -2.45. The molecule has 0 aromatic carbocycles. The zero-order chi connectivity index (χ0) is 18.1. The van der Waals surface area contributed by atoms with Crippen molar-refractivity contribution in [3.05, 3.63) is 0 Å². The maximum atomic E-state index is 4.91. The predicted molar refractivity (Wildman–Crippen MR) is 108 cm³/mol. The number of guanidine groups is 1. The fourth-order valence-electron chi connectivity index (χ4n) is 4.30. The first-order chi connectivity index (χ1) is 12.1. The average molecular weight is 352 g/mol. The van der Waals surface area contributed by atoms with E-state index < -0.39 is 0 Å². The van der Waals surface area contributed by atoms with Gasteiger partial charge in [0.1, 0.15) is 0 Å². The van der Waals surface area contributed by atoms with Crippen LogP contribution < -0.4 is 10.6 Å². The second-order valence-corrected chi connectivity index (χ2v) is 8.19. The summed E-state index contributed by atoms with van der Waals surface area (Å²) in [5, 5.41) is 7.02. The Labute approximate surface area is 155 Å². The van der Waals surface area contributed by atoms with Crippen molar-refractivity contribution in [2.24, 2.45) is 16.8 Å². The molecule has 2 aliphatic heterocycles. The predicted octanol–water partition coefficient (Wildman–Crippen LogP) is 2.39. The molecule has 0 spiro atoms. The van der Waals surface area contributed by atoms with Gasteiger partial charge in [0.05, 0.1) is 0 Å². The Balaban J connectivity index is 1.80. The zero-order valence-corrected chi connectivity index (χ0v) is 17.1. The van der Waals surface area contributed by atoms with Gasteiger partial charge in [-0.1, -0.05) is 20.8 Å². The molecule has 2 N–H and O–H groups in total. The number of piperidine rings is 1. The van der Waals surface area contributed by atoms with Crippen LogP contribution in [-0.2, 0) is 0 Å². The second-order valence-electron chi connectivity index (χ2n) is 8.19. The Bertz CT molecular complexity index is 396. The van der Waals surface area contributed by atoms with Crippen LogP contribution in [0.5, 0.6) is 0 Å². The van der Waals surface area contributed by atoms with Gasteiger partial charge in [0.25, 0.3) is 0 Å². The average Bonchev–Trinajstić information content (AvgIpc) is 3.04. The molecule has 2 atom stereocenters. The van der Waals surface area contributed by atoms with Gasteiger partial charge in [0.2, 0.25) is 0 Å². The molecule has 0 saturated carbocycles. The summed E-state index contributed by atoms with van der Waals surface area (Å²) in [6.07, 6.45) is 5.29. The van der Waals surface area contributed by atoms with Gasteiger partial charge in [-0.3, -0.25) is 9.89 Å². The van der Waals surface area contributed by atoms with Crippen LogP contribution in [0.4, 0.5) is 0 Å². The number of nitrogens with zero attached hydrogens (tertiary/aromatic N) is 3. The summed E-state index contributed by atoms with van der Waals surface area (Å²) in [7, 11) is 0. The molecule has 0 aromatic heterocycles. The Kier molecular flexibility index (Phi) is 9.04. The van der Waals surface area contributed by atoms with Crippen molar-refractivity contribution in [3.63, 3.8) is 0 Å². The highest BCUT2D eigenvalue weighted by molar-refractivity contribution is 5.79. The van der Waals surface area contributed by atoms with E-state index >= 15 is 0 Å². The smallest absolute Gasteiger partial charge is 0.191 e. The quantitative estimate of drug-likeness (QED) is 0.520. The normalized spacial score (nSPS) is 26.4. The van der Waals surface area contributed by atoms with Gasteiger partial charge >= 0.3 is 0 Å². The van der Waals surface area contributed by atoms with E-state index in [1.807, 2.05) is 0 Å². The molecule has 5 heteroatoms. The molecule has 146 valence electrons. The third-order valence-corrected chi connectivity index (χ3v) is 5.49. The summed E-state index contributed by atoms with van der Waals surface area (Å²) < 4.78 is 0. The molecule has 2 unspecified atom stereocenters. The molecule has 0 amide bonds. The minimum atomic E-state index is 0.671. The monoisotopic (exact) mass is 351 g/mol. The minimum absolute atomic E-state index is 0.671. The zero-order valence-electron chi connectivity index (χ0n) is 17.1. The van der Waals surface area contributed by atoms with E-state index in [1.54, 1.807) is 0 Å². The van der Waals surface area contributed by atoms with E-state index in [2.05, 4.69) is 48.1 Å². The molecular formula is C20H41N5. The Morgan fingerprint density at radius 1 is 1.12 bits per heavy atom. The van der Waals surface area contributed by atoms with Gasteiger partial charge in [-0.15, -0.1) is 0 Å². The van der Waals surface area contributed by atoms with Crippen molar-refractivity contribution in [3.8, 4) is 0 Å². The molecule has 0 aliphatic carbocycles. The van der Waals surface area contributed by atoms with Crippen LogP contribution in [-0.4, -0.2) is 74.2 Å². The third-order valence-electron chi connectivity index (χ3n) is 5.49. The van der Waals surface area contributed by atoms with Crippen molar-refractivity contribution in [1.29, 1.82) is 0 Å². The molecule has 0 bridgehead atoms. The Hall–Kier alpha value is -0.810. The molecule has 0 radical (unpaired) electrons. The van der Waals surface area contributed by atoms with Crippen LogP contribution >= 0.6 is 0 Å². The standard InChI is InChI=1S/C20H41N5/c1-5-21-20(23-14-19-10-8-12-25(19)6-2)22-13-18-9-7-11-24(16-18)15-17(3)4/h17-19H,5-16H2,1-4H3,(H2,21,22,23). The molecule has 25 heavy (non-hydrogen) atoms. The first kappa shape index (κ1) is 20.5. The molecule has 0 aromatic rings. The number of rotatable bonds is 8. The van der Waals surface area contributed by atoms with E-state index in [4.69, 9.17) is 4.99 Å². The molecule has 5 nitrogen and oxygen atoms in total. The SMILES string of the molecule is CCNC(=NCC1CCCN(CC(C)C)C1)NCC1CCCN1CC. The molecule has 2 heterocycles. The van der Waals surface area contributed by atoms with E-state index in [0.717, 1.165) is 38.1 Å². The number of likely N-dealkylation sites (tertiary alicyclic amines) is 2. The van der Waals surface area contributed by atoms with Gasteiger partial charge < -0.3 is 15.5 Å². The maximum Gasteiger partial charge on any atom is 0.191 e. The first-order valence-corrected chi connectivity index (χ1v) is 10.6. The molecule has 2 saturated heterocycles. The Morgan fingerprint density at radius 2 is 1.92 bits per heavy atom. The van der Waals surface area contributed by atoms with Gasteiger partial charge in [-0.2, -0.15) is 0 Å². The molecular weight excluding hydrogens is 310 g/mol. The number of hydrogen-bond donors (Lipinski definition) is 2.